The lowest BCUT2D eigenvalue weighted by Crippen LogP contribution is -2.43. The minimum absolute atomic E-state index is 0.129. The summed E-state index contributed by atoms with van der Waals surface area (Å²) in [6.07, 6.45) is 3.76. The lowest BCUT2D eigenvalue weighted by atomic mass is 9.91. The number of hydrogen-bond acceptors (Lipinski definition) is 3. The highest BCUT2D eigenvalue weighted by Gasteiger charge is 2.27. The van der Waals surface area contributed by atoms with E-state index in [0.717, 1.165) is 36.9 Å². The van der Waals surface area contributed by atoms with Gasteiger partial charge in [-0.05, 0) is 43.5 Å². The van der Waals surface area contributed by atoms with Crippen molar-refractivity contribution in [2.24, 2.45) is 0 Å². The van der Waals surface area contributed by atoms with Crippen LogP contribution in [0.15, 0.2) is 18.2 Å². The number of aliphatic hydroxyl groups is 1. The van der Waals surface area contributed by atoms with Crippen molar-refractivity contribution in [3.63, 3.8) is 0 Å². The Morgan fingerprint density at radius 1 is 1.32 bits per heavy atom. The molecule has 0 spiro atoms. The molecule has 0 amide bonds. The zero-order valence-corrected chi connectivity index (χ0v) is 11.5. The largest absolute Gasteiger partial charge is 0.478 e. The van der Waals surface area contributed by atoms with Crippen molar-refractivity contribution in [2.45, 2.75) is 44.8 Å². The van der Waals surface area contributed by atoms with Gasteiger partial charge in [0.2, 0.25) is 0 Å². The number of aliphatic hydroxyl groups excluding tert-OH is 1. The smallest absolute Gasteiger partial charge is 0.335 e. The summed E-state index contributed by atoms with van der Waals surface area (Å²) < 4.78 is 0. The normalized spacial score (nSPS) is 23.1. The van der Waals surface area contributed by atoms with Gasteiger partial charge in [-0.1, -0.05) is 12.8 Å². The quantitative estimate of drug-likeness (QED) is 0.879. The van der Waals surface area contributed by atoms with Crippen LogP contribution in [0.4, 0.5) is 5.69 Å². The van der Waals surface area contributed by atoms with Crippen molar-refractivity contribution in [3.05, 3.63) is 29.3 Å². The van der Waals surface area contributed by atoms with Gasteiger partial charge < -0.3 is 15.1 Å². The summed E-state index contributed by atoms with van der Waals surface area (Å²) in [6, 6.07) is 5.46. The average molecular weight is 263 g/mol. The van der Waals surface area contributed by atoms with Crippen molar-refractivity contribution >= 4 is 11.7 Å². The number of benzene rings is 1. The number of aryl methyl sites for hydroxylation is 1. The fourth-order valence-corrected chi connectivity index (χ4v) is 2.84. The number of nitrogens with zero attached hydrogens (tertiary/aromatic N) is 1. The standard InChI is InChI=1S/C15H21NO3/c1-10-9-11(7-8-12(10)15(18)19)16(2)13-5-3-4-6-14(13)17/h7-9,13-14,17H,3-6H2,1-2H3,(H,18,19). The lowest BCUT2D eigenvalue weighted by molar-refractivity contribution is 0.0696. The molecule has 4 heteroatoms. The van der Waals surface area contributed by atoms with Crippen LogP contribution in [-0.2, 0) is 0 Å². The monoisotopic (exact) mass is 263 g/mol. The van der Waals surface area contributed by atoms with Gasteiger partial charge in [0.25, 0.3) is 0 Å². The molecule has 1 aliphatic rings. The summed E-state index contributed by atoms with van der Waals surface area (Å²) in [5.74, 6) is -0.899. The number of likely N-dealkylation sites (N-methyl/N-ethyl adjacent to an activating group) is 1. The molecule has 4 nitrogen and oxygen atoms in total. The Labute approximate surface area is 113 Å². The third kappa shape index (κ3) is 2.89. The fraction of sp³-hybridized carbons (Fsp3) is 0.533. The third-order valence-electron chi connectivity index (χ3n) is 4.04. The fourth-order valence-electron chi connectivity index (χ4n) is 2.84. The van der Waals surface area contributed by atoms with Gasteiger partial charge in [-0.25, -0.2) is 4.79 Å². The predicted molar refractivity (Wildman–Crippen MR) is 74.8 cm³/mol. The molecule has 104 valence electrons. The molecule has 0 heterocycles. The van der Waals surface area contributed by atoms with Crippen molar-refractivity contribution in [3.8, 4) is 0 Å². The summed E-state index contributed by atoms with van der Waals surface area (Å²) in [5.41, 5.74) is 2.05. The van der Waals surface area contributed by atoms with Crippen molar-refractivity contribution in [1.29, 1.82) is 0 Å². The molecular weight excluding hydrogens is 242 g/mol. The zero-order chi connectivity index (χ0) is 14.0. The second kappa shape index (κ2) is 5.61. The first kappa shape index (κ1) is 13.9. The van der Waals surface area contributed by atoms with E-state index in [2.05, 4.69) is 4.90 Å². The maximum atomic E-state index is 11.0. The number of hydrogen-bond donors (Lipinski definition) is 2. The number of carboxylic acids is 1. The van der Waals surface area contributed by atoms with E-state index in [4.69, 9.17) is 5.11 Å². The highest BCUT2D eigenvalue weighted by molar-refractivity contribution is 5.89. The van der Waals surface area contributed by atoms with E-state index >= 15 is 0 Å². The van der Waals surface area contributed by atoms with Crippen LogP contribution < -0.4 is 4.90 Å². The molecule has 0 saturated heterocycles. The molecule has 1 fully saturated rings. The summed E-state index contributed by atoms with van der Waals surface area (Å²) >= 11 is 0. The Bertz CT molecular complexity index is 472. The number of carboxylic acid groups (broad SMARTS) is 1. The Morgan fingerprint density at radius 3 is 2.58 bits per heavy atom. The molecule has 1 aliphatic carbocycles. The minimum atomic E-state index is -0.899. The Morgan fingerprint density at radius 2 is 2.00 bits per heavy atom. The number of anilines is 1. The Balaban J connectivity index is 2.21. The van der Waals surface area contributed by atoms with Gasteiger partial charge in [-0.2, -0.15) is 0 Å². The topological polar surface area (TPSA) is 60.8 Å². The van der Waals surface area contributed by atoms with Crippen LogP contribution >= 0.6 is 0 Å². The van der Waals surface area contributed by atoms with Gasteiger partial charge in [0.15, 0.2) is 0 Å². The van der Waals surface area contributed by atoms with Crippen LogP contribution in [0.25, 0.3) is 0 Å². The Hall–Kier alpha value is -1.55. The van der Waals surface area contributed by atoms with Gasteiger partial charge in [0.1, 0.15) is 0 Å². The van der Waals surface area contributed by atoms with E-state index < -0.39 is 5.97 Å². The van der Waals surface area contributed by atoms with Gasteiger partial charge >= 0.3 is 5.97 Å². The molecule has 0 radical (unpaired) electrons. The highest BCUT2D eigenvalue weighted by atomic mass is 16.4. The van der Waals surface area contributed by atoms with Crippen molar-refractivity contribution in [1.82, 2.24) is 0 Å². The highest BCUT2D eigenvalue weighted by Crippen LogP contribution is 2.27. The van der Waals surface area contributed by atoms with Crippen molar-refractivity contribution in [2.75, 3.05) is 11.9 Å². The predicted octanol–water partition coefficient (Wildman–Crippen LogP) is 2.43. The van der Waals surface area contributed by atoms with E-state index in [1.165, 1.54) is 0 Å². The summed E-state index contributed by atoms with van der Waals surface area (Å²) in [7, 11) is 1.97. The van der Waals surface area contributed by atoms with Crippen LogP contribution in [0.3, 0.4) is 0 Å². The van der Waals surface area contributed by atoms with Gasteiger partial charge in [0, 0.05) is 12.7 Å². The summed E-state index contributed by atoms with van der Waals surface area (Å²) in [4.78, 5) is 13.1. The SMILES string of the molecule is Cc1cc(N(C)C2CCCCC2O)ccc1C(=O)O. The molecule has 2 atom stereocenters. The van der Waals surface area contributed by atoms with Crippen LogP contribution in [0.5, 0.6) is 0 Å². The van der Waals surface area contributed by atoms with E-state index in [1.54, 1.807) is 13.0 Å². The molecule has 1 aromatic carbocycles. The lowest BCUT2D eigenvalue weighted by Gasteiger charge is -2.36. The zero-order valence-electron chi connectivity index (χ0n) is 11.5. The molecule has 0 aliphatic heterocycles. The molecule has 19 heavy (non-hydrogen) atoms. The number of carbonyl (C=O) groups is 1. The summed E-state index contributed by atoms with van der Waals surface area (Å²) in [5, 5.41) is 19.1. The van der Waals surface area contributed by atoms with E-state index in [1.807, 2.05) is 19.2 Å². The van der Waals surface area contributed by atoms with Crippen LogP contribution in [0.1, 0.15) is 41.6 Å². The first-order valence-corrected chi connectivity index (χ1v) is 6.75. The first-order valence-electron chi connectivity index (χ1n) is 6.75. The van der Waals surface area contributed by atoms with Crippen molar-refractivity contribution < 1.29 is 15.0 Å². The maximum Gasteiger partial charge on any atom is 0.335 e. The van der Waals surface area contributed by atoms with Gasteiger partial charge in [-0.15, -0.1) is 0 Å². The maximum absolute atomic E-state index is 11.0. The Kier molecular flexibility index (Phi) is 4.10. The molecule has 0 aromatic heterocycles. The molecule has 2 unspecified atom stereocenters. The average Bonchev–Trinajstić information content (AvgIpc) is 2.38. The molecule has 0 bridgehead atoms. The van der Waals surface area contributed by atoms with E-state index in [0.29, 0.717) is 5.56 Å². The van der Waals surface area contributed by atoms with E-state index in [-0.39, 0.29) is 12.1 Å². The first-order chi connectivity index (χ1) is 9.00. The molecule has 2 rings (SSSR count). The van der Waals surface area contributed by atoms with Gasteiger partial charge in [-0.3, -0.25) is 0 Å². The minimum Gasteiger partial charge on any atom is -0.478 e. The third-order valence-corrected chi connectivity index (χ3v) is 4.04. The van der Waals surface area contributed by atoms with Crippen LogP contribution in [0, 0.1) is 6.92 Å². The van der Waals surface area contributed by atoms with Crippen LogP contribution in [0.2, 0.25) is 0 Å². The number of aromatic carboxylic acids is 1. The second-order valence-electron chi connectivity index (χ2n) is 5.33. The molecular formula is C15H21NO3. The van der Waals surface area contributed by atoms with E-state index in [9.17, 15) is 9.90 Å². The second-order valence-corrected chi connectivity index (χ2v) is 5.33. The summed E-state index contributed by atoms with van der Waals surface area (Å²) in [6.45, 7) is 1.80. The molecule has 1 aromatic rings. The number of rotatable bonds is 3. The molecule has 1 saturated carbocycles. The van der Waals surface area contributed by atoms with Gasteiger partial charge in [0.05, 0.1) is 17.7 Å². The molecule has 2 N–H and O–H groups in total. The van der Waals surface area contributed by atoms with Crippen LogP contribution in [-0.4, -0.2) is 35.4 Å².